The van der Waals surface area contributed by atoms with Crippen LogP contribution in [0.5, 0.6) is 0 Å². The van der Waals surface area contributed by atoms with E-state index in [-0.39, 0.29) is 0 Å². The SMILES string of the molecule is Cc1ccc(Sc2c(-c3ccc(-c4ncon4)cc3)nc(-c3cnccn3)n2C)cc1. The number of imidazole rings is 1. The quantitative estimate of drug-likeness (QED) is 0.389. The summed E-state index contributed by atoms with van der Waals surface area (Å²) in [5, 5.41) is 4.93. The molecule has 7 nitrogen and oxygen atoms in total. The monoisotopic (exact) mass is 426 g/mol. The predicted octanol–water partition coefficient (Wildman–Crippen LogP) is 5.05. The van der Waals surface area contributed by atoms with Crippen molar-refractivity contribution in [2.24, 2.45) is 7.05 Å². The van der Waals surface area contributed by atoms with Crippen LogP contribution in [-0.2, 0) is 7.05 Å². The molecule has 31 heavy (non-hydrogen) atoms. The zero-order chi connectivity index (χ0) is 21.2. The van der Waals surface area contributed by atoms with Crippen LogP contribution in [0.1, 0.15) is 5.56 Å². The second-order valence-electron chi connectivity index (χ2n) is 6.99. The van der Waals surface area contributed by atoms with E-state index >= 15 is 0 Å². The summed E-state index contributed by atoms with van der Waals surface area (Å²) in [6.07, 6.45) is 6.39. The van der Waals surface area contributed by atoms with Gasteiger partial charge in [-0.1, -0.05) is 58.9 Å². The summed E-state index contributed by atoms with van der Waals surface area (Å²) in [5.74, 6) is 1.32. The van der Waals surface area contributed by atoms with E-state index in [9.17, 15) is 0 Å². The molecular formula is C23H18N6OS. The third-order valence-electron chi connectivity index (χ3n) is 4.85. The Morgan fingerprint density at radius 1 is 0.903 bits per heavy atom. The van der Waals surface area contributed by atoms with Gasteiger partial charge in [-0.25, -0.2) is 9.97 Å². The third kappa shape index (κ3) is 3.85. The zero-order valence-electron chi connectivity index (χ0n) is 16.9. The number of hydrogen-bond donors (Lipinski definition) is 0. The lowest BCUT2D eigenvalue weighted by Crippen LogP contribution is -1.96. The van der Waals surface area contributed by atoms with Crippen LogP contribution in [0.3, 0.4) is 0 Å². The number of benzene rings is 2. The molecule has 8 heteroatoms. The lowest BCUT2D eigenvalue weighted by Gasteiger charge is -2.08. The number of hydrogen-bond acceptors (Lipinski definition) is 7. The molecule has 0 spiro atoms. The average molecular weight is 427 g/mol. The molecule has 0 N–H and O–H groups in total. The van der Waals surface area contributed by atoms with Crippen molar-refractivity contribution < 1.29 is 4.52 Å². The fourth-order valence-electron chi connectivity index (χ4n) is 3.23. The van der Waals surface area contributed by atoms with Gasteiger partial charge in [-0.15, -0.1) is 0 Å². The first-order chi connectivity index (χ1) is 15.2. The van der Waals surface area contributed by atoms with Crippen molar-refractivity contribution >= 4 is 11.8 Å². The van der Waals surface area contributed by atoms with E-state index in [4.69, 9.17) is 9.51 Å². The standard InChI is InChI=1S/C23H18N6OS/c1-15-3-9-18(10-4-15)31-23-20(27-22(29(23)2)19-13-24-11-12-25-19)16-5-7-17(8-6-16)21-26-14-30-28-21/h3-14H,1-2H3. The van der Waals surface area contributed by atoms with Crippen LogP contribution in [0, 0.1) is 6.92 Å². The second kappa shape index (κ2) is 8.16. The first-order valence-corrected chi connectivity index (χ1v) is 10.5. The molecule has 0 radical (unpaired) electrons. The number of rotatable bonds is 5. The van der Waals surface area contributed by atoms with E-state index in [1.54, 1.807) is 30.4 Å². The first kappa shape index (κ1) is 19.2. The topological polar surface area (TPSA) is 82.5 Å². The Labute approximate surface area is 183 Å². The highest BCUT2D eigenvalue weighted by Crippen LogP contribution is 2.38. The maximum absolute atomic E-state index is 4.95. The molecule has 3 heterocycles. The van der Waals surface area contributed by atoms with Gasteiger partial charge in [0.15, 0.2) is 5.82 Å². The summed E-state index contributed by atoms with van der Waals surface area (Å²) < 4.78 is 6.92. The highest BCUT2D eigenvalue weighted by Gasteiger charge is 2.20. The summed E-state index contributed by atoms with van der Waals surface area (Å²) >= 11 is 1.67. The predicted molar refractivity (Wildman–Crippen MR) is 118 cm³/mol. The fraction of sp³-hybridized carbons (Fsp3) is 0.0870. The van der Waals surface area contributed by atoms with Crippen molar-refractivity contribution in [3.05, 3.63) is 79.1 Å². The normalized spacial score (nSPS) is 11.0. The van der Waals surface area contributed by atoms with Crippen LogP contribution in [0.4, 0.5) is 0 Å². The largest absolute Gasteiger partial charge is 0.342 e. The van der Waals surface area contributed by atoms with Gasteiger partial charge in [0, 0.05) is 35.5 Å². The molecule has 0 saturated heterocycles. The van der Waals surface area contributed by atoms with Crippen molar-refractivity contribution in [3.8, 4) is 34.2 Å². The van der Waals surface area contributed by atoms with E-state index in [0.717, 1.165) is 38.3 Å². The van der Waals surface area contributed by atoms with Gasteiger partial charge in [0.25, 0.3) is 0 Å². The second-order valence-corrected chi connectivity index (χ2v) is 8.05. The van der Waals surface area contributed by atoms with Gasteiger partial charge >= 0.3 is 0 Å². The molecular weight excluding hydrogens is 408 g/mol. The van der Waals surface area contributed by atoms with Crippen molar-refractivity contribution in [1.29, 1.82) is 0 Å². The summed E-state index contributed by atoms with van der Waals surface area (Å²) in [7, 11) is 2.00. The van der Waals surface area contributed by atoms with E-state index in [1.165, 1.54) is 12.0 Å². The molecule has 152 valence electrons. The smallest absolute Gasteiger partial charge is 0.214 e. The number of aryl methyl sites for hydroxylation is 1. The van der Waals surface area contributed by atoms with Crippen molar-refractivity contribution in [2.75, 3.05) is 0 Å². The molecule has 0 aliphatic rings. The minimum atomic E-state index is 0.557. The maximum Gasteiger partial charge on any atom is 0.214 e. The Bertz CT molecular complexity index is 1300. The highest BCUT2D eigenvalue weighted by atomic mass is 32.2. The Balaban J connectivity index is 1.60. The van der Waals surface area contributed by atoms with Crippen LogP contribution in [-0.4, -0.2) is 29.7 Å². The van der Waals surface area contributed by atoms with Gasteiger partial charge in [-0.05, 0) is 19.1 Å². The van der Waals surface area contributed by atoms with E-state index in [0.29, 0.717) is 5.82 Å². The average Bonchev–Trinajstić information content (AvgIpc) is 3.45. The van der Waals surface area contributed by atoms with Crippen LogP contribution in [0.2, 0.25) is 0 Å². The lowest BCUT2D eigenvalue weighted by molar-refractivity contribution is 0.419. The lowest BCUT2D eigenvalue weighted by atomic mass is 10.1. The zero-order valence-corrected chi connectivity index (χ0v) is 17.7. The van der Waals surface area contributed by atoms with Gasteiger partial charge in [0.05, 0.1) is 6.20 Å². The molecule has 0 aliphatic heterocycles. The van der Waals surface area contributed by atoms with Gasteiger partial charge in [0.1, 0.15) is 16.4 Å². The fourth-order valence-corrected chi connectivity index (χ4v) is 4.20. The van der Waals surface area contributed by atoms with Gasteiger partial charge in [-0.3, -0.25) is 4.98 Å². The third-order valence-corrected chi connectivity index (χ3v) is 6.02. The summed E-state index contributed by atoms with van der Waals surface area (Å²) in [5.41, 5.74) is 4.72. The molecule has 3 aromatic heterocycles. The molecule has 5 rings (SSSR count). The van der Waals surface area contributed by atoms with Crippen LogP contribution in [0.15, 0.2) is 88.0 Å². The molecule has 0 saturated carbocycles. The van der Waals surface area contributed by atoms with Crippen molar-refractivity contribution in [1.82, 2.24) is 29.7 Å². The molecule has 0 amide bonds. The van der Waals surface area contributed by atoms with Crippen LogP contribution in [0.25, 0.3) is 34.2 Å². The molecule has 5 aromatic rings. The summed E-state index contributed by atoms with van der Waals surface area (Å²) in [6, 6.07) is 16.5. The highest BCUT2D eigenvalue weighted by molar-refractivity contribution is 7.99. The number of nitrogens with zero attached hydrogens (tertiary/aromatic N) is 6. The van der Waals surface area contributed by atoms with E-state index < -0.39 is 0 Å². The van der Waals surface area contributed by atoms with Gasteiger partial charge < -0.3 is 9.09 Å². The molecule has 0 fully saturated rings. The van der Waals surface area contributed by atoms with Gasteiger partial charge in [-0.2, -0.15) is 4.98 Å². The number of aromatic nitrogens is 6. The molecule has 2 aromatic carbocycles. The molecule has 0 unspecified atom stereocenters. The Morgan fingerprint density at radius 2 is 1.68 bits per heavy atom. The van der Waals surface area contributed by atoms with Crippen molar-refractivity contribution in [3.63, 3.8) is 0 Å². The van der Waals surface area contributed by atoms with Crippen LogP contribution >= 0.6 is 11.8 Å². The van der Waals surface area contributed by atoms with Crippen molar-refractivity contribution in [2.45, 2.75) is 16.8 Å². The van der Waals surface area contributed by atoms with Crippen LogP contribution < -0.4 is 0 Å². The molecule has 0 atom stereocenters. The Kier molecular flexibility index (Phi) is 5.05. The van der Waals surface area contributed by atoms with Gasteiger partial charge in [0.2, 0.25) is 12.2 Å². The minimum Gasteiger partial charge on any atom is -0.342 e. The Morgan fingerprint density at radius 3 is 2.35 bits per heavy atom. The summed E-state index contributed by atoms with van der Waals surface area (Å²) in [6.45, 7) is 2.08. The molecule has 0 bridgehead atoms. The minimum absolute atomic E-state index is 0.557. The van der Waals surface area contributed by atoms with E-state index in [1.807, 2.05) is 31.3 Å². The Hall–Kier alpha value is -3.78. The molecule has 0 aliphatic carbocycles. The first-order valence-electron chi connectivity index (χ1n) is 9.64. The summed E-state index contributed by atoms with van der Waals surface area (Å²) in [4.78, 5) is 18.8. The maximum atomic E-state index is 4.95. The van der Waals surface area contributed by atoms with E-state index in [2.05, 4.69) is 55.9 Å².